The van der Waals surface area contributed by atoms with Gasteiger partial charge in [0.1, 0.15) is 0 Å². The van der Waals surface area contributed by atoms with E-state index in [1.54, 1.807) is 13.3 Å². The summed E-state index contributed by atoms with van der Waals surface area (Å²) in [5, 5.41) is 2.99. The molecule has 0 saturated heterocycles. The maximum absolute atomic E-state index is 13.3. The summed E-state index contributed by atoms with van der Waals surface area (Å²) in [5.41, 5.74) is 0. The van der Waals surface area contributed by atoms with Crippen molar-refractivity contribution in [2.75, 3.05) is 19.0 Å². The van der Waals surface area contributed by atoms with Crippen molar-refractivity contribution in [3.05, 3.63) is 22.6 Å². The molecule has 1 rings (SSSR count). The number of hydrogen-bond donors (Lipinski definition) is 1. The molecule has 1 aromatic rings. The van der Waals surface area contributed by atoms with Gasteiger partial charge in [0, 0.05) is 30.4 Å². The van der Waals surface area contributed by atoms with E-state index >= 15 is 0 Å². The van der Waals surface area contributed by atoms with Crippen LogP contribution in [-0.2, 0) is 4.74 Å². The Morgan fingerprint density at radius 1 is 1.67 bits per heavy atom. The first-order valence-corrected chi connectivity index (χ1v) is 5.49. The van der Waals surface area contributed by atoms with E-state index < -0.39 is 0 Å². The van der Waals surface area contributed by atoms with Crippen molar-refractivity contribution in [3.8, 4) is 0 Å². The Labute approximate surface area is 97.2 Å². The summed E-state index contributed by atoms with van der Waals surface area (Å²) in [6.45, 7) is 2.61. The Hall–Kier alpha value is -0.680. The van der Waals surface area contributed by atoms with Gasteiger partial charge >= 0.3 is 0 Å². The zero-order chi connectivity index (χ0) is 11.3. The number of ether oxygens (including phenoxy) is 1. The molecule has 0 spiro atoms. The maximum atomic E-state index is 13.3. The van der Waals surface area contributed by atoms with Crippen LogP contribution in [0.4, 0.5) is 10.2 Å². The lowest BCUT2D eigenvalue weighted by atomic mass is 10.2. The SMILES string of the molecule is COCCC(C)Nc1ncc(Br)cc1F. The van der Waals surface area contributed by atoms with Gasteiger partial charge in [-0.1, -0.05) is 0 Å². The predicted octanol–water partition coefficient (Wildman–Crippen LogP) is 2.82. The van der Waals surface area contributed by atoms with Gasteiger partial charge in [0.15, 0.2) is 11.6 Å². The Morgan fingerprint density at radius 2 is 2.40 bits per heavy atom. The smallest absolute Gasteiger partial charge is 0.166 e. The van der Waals surface area contributed by atoms with Gasteiger partial charge in [0.05, 0.1) is 0 Å². The van der Waals surface area contributed by atoms with Gasteiger partial charge in [-0.05, 0) is 35.3 Å². The fourth-order valence-corrected chi connectivity index (χ4v) is 1.42. The fourth-order valence-electron chi connectivity index (χ4n) is 1.12. The number of nitrogens with zero attached hydrogens (tertiary/aromatic N) is 1. The molecule has 1 heterocycles. The van der Waals surface area contributed by atoms with Crippen molar-refractivity contribution in [2.24, 2.45) is 0 Å². The molecule has 0 amide bonds. The molecule has 0 saturated carbocycles. The summed E-state index contributed by atoms with van der Waals surface area (Å²) in [5.74, 6) is -0.0737. The molecule has 84 valence electrons. The van der Waals surface area contributed by atoms with E-state index in [2.05, 4.69) is 26.2 Å². The van der Waals surface area contributed by atoms with Crippen LogP contribution in [-0.4, -0.2) is 24.7 Å². The van der Waals surface area contributed by atoms with E-state index in [-0.39, 0.29) is 17.7 Å². The van der Waals surface area contributed by atoms with Crippen molar-refractivity contribution in [3.63, 3.8) is 0 Å². The molecule has 0 aliphatic rings. The first-order valence-electron chi connectivity index (χ1n) is 4.70. The van der Waals surface area contributed by atoms with Crippen LogP contribution in [0.2, 0.25) is 0 Å². The lowest BCUT2D eigenvalue weighted by molar-refractivity contribution is 0.191. The summed E-state index contributed by atoms with van der Waals surface area (Å²) in [6, 6.07) is 1.52. The molecule has 1 unspecified atom stereocenters. The number of rotatable bonds is 5. The molecular weight excluding hydrogens is 263 g/mol. The quantitative estimate of drug-likeness (QED) is 0.898. The van der Waals surface area contributed by atoms with Gasteiger partial charge in [-0.15, -0.1) is 0 Å². The average molecular weight is 277 g/mol. The molecule has 0 aliphatic heterocycles. The van der Waals surface area contributed by atoms with Crippen LogP contribution >= 0.6 is 15.9 Å². The lowest BCUT2D eigenvalue weighted by Gasteiger charge is -2.14. The Morgan fingerprint density at radius 3 is 3.00 bits per heavy atom. The molecule has 0 radical (unpaired) electrons. The van der Waals surface area contributed by atoms with Crippen LogP contribution in [0.15, 0.2) is 16.7 Å². The minimum Gasteiger partial charge on any atom is -0.385 e. The molecule has 0 fully saturated rings. The standard InChI is InChI=1S/C10H14BrFN2O/c1-7(3-4-15-2)14-10-9(12)5-8(11)6-13-10/h5-7H,3-4H2,1-2H3,(H,13,14). The topological polar surface area (TPSA) is 34.1 Å². The summed E-state index contributed by atoms with van der Waals surface area (Å²) < 4.78 is 18.9. The molecule has 5 heteroatoms. The van der Waals surface area contributed by atoms with Crippen LogP contribution in [0, 0.1) is 5.82 Å². The number of halogens is 2. The highest BCUT2D eigenvalue weighted by Gasteiger charge is 2.07. The second-order valence-electron chi connectivity index (χ2n) is 3.31. The molecule has 3 nitrogen and oxygen atoms in total. The molecular formula is C10H14BrFN2O. The zero-order valence-electron chi connectivity index (χ0n) is 8.76. The third-order valence-electron chi connectivity index (χ3n) is 1.95. The van der Waals surface area contributed by atoms with Gasteiger partial charge in [-0.3, -0.25) is 0 Å². The fraction of sp³-hybridized carbons (Fsp3) is 0.500. The van der Waals surface area contributed by atoms with E-state index in [0.717, 1.165) is 6.42 Å². The van der Waals surface area contributed by atoms with Crippen LogP contribution < -0.4 is 5.32 Å². The van der Waals surface area contributed by atoms with Gasteiger partial charge in [-0.25, -0.2) is 9.37 Å². The lowest BCUT2D eigenvalue weighted by Crippen LogP contribution is -2.18. The summed E-state index contributed by atoms with van der Waals surface area (Å²) in [7, 11) is 1.64. The van der Waals surface area contributed by atoms with Gasteiger partial charge in [0.2, 0.25) is 0 Å². The number of pyridine rings is 1. The first-order chi connectivity index (χ1) is 7.13. The summed E-state index contributed by atoms with van der Waals surface area (Å²) in [6.07, 6.45) is 2.38. The van der Waals surface area contributed by atoms with Gasteiger partial charge < -0.3 is 10.1 Å². The number of methoxy groups -OCH3 is 1. The summed E-state index contributed by atoms with van der Waals surface area (Å²) >= 11 is 3.15. The highest BCUT2D eigenvalue weighted by Crippen LogP contribution is 2.17. The highest BCUT2D eigenvalue weighted by molar-refractivity contribution is 9.10. The number of nitrogens with one attached hydrogen (secondary N) is 1. The first kappa shape index (κ1) is 12.4. The molecule has 0 aromatic carbocycles. The Bertz CT molecular complexity index is 322. The van der Waals surface area contributed by atoms with Gasteiger partial charge in [-0.2, -0.15) is 0 Å². The van der Waals surface area contributed by atoms with Crippen LogP contribution in [0.25, 0.3) is 0 Å². The van der Waals surface area contributed by atoms with E-state index in [0.29, 0.717) is 11.1 Å². The van der Waals surface area contributed by atoms with E-state index in [1.807, 2.05) is 6.92 Å². The molecule has 1 N–H and O–H groups in total. The van der Waals surface area contributed by atoms with Crippen molar-refractivity contribution >= 4 is 21.7 Å². The third-order valence-corrected chi connectivity index (χ3v) is 2.38. The molecule has 0 bridgehead atoms. The second kappa shape index (κ2) is 6.02. The van der Waals surface area contributed by atoms with Gasteiger partial charge in [0.25, 0.3) is 0 Å². The van der Waals surface area contributed by atoms with Crippen LogP contribution in [0.3, 0.4) is 0 Å². The Kier molecular flexibility index (Phi) is 4.98. The number of anilines is 1. The Balaban J connectivity index is 2.56. The minimum absolute atomic E-state index is 0.133. The monoisotopic (exact) mass is 276 g/mol. The van der Waals surface area contributed by atoms with E-state index in [9.17, 15) is 4.39 Å². The van der Waals surface area contributed by atoms with Crippen LogP contribution in [0.1, 0.15) is 13.3 Å². The predicted molar refractivity (Wildman–Crippen MR) is 61.5 cm³/mol. The molecule has 1 aromatic heterocycles. The van der Waals surface area contributed by atoms with Crippen molar-refractivity contribution in [2.45, 2.75) is 19.4 Å². The normalized spacial score (nSPS) is 12.5. The summed E-state index contributed by atoms with van der Waals surface area (Å²) in [4.78, 5) is 3.95. The highest BCUT2D eigenvalue weighted by atomic mass is 79.9. The van der Waals surface area contributed by atoms with Crippen molar-refractivity contribution in [1.82, 2.24) is 4.98 Å². The molecule has 15 heavy (non-hydrogen) atoms. The van der Waals surface area contributed by atoms with E-state index in [1.165, 1.54) is 6.07 Å². The number of hydrogen-bond acceptors (Lipinski definition) is 3. The minimum atomic E-state index is -0.353. The van der Waals surface area contributed by atoms with E-state index in [4.69, 9.17) is 4.74 Å². The zero-order valence-corrected chi connectivity index (χ0v) is 10.3. The molecule has 1 atom stereocenters. The molecule has 0 aliphatic carbocycles. The van der Waals surface area contributed by atoms with Crippen LogP contribution in [0.5, 0.6) is 0 Å². The average Bonchev–Trinajstić information content (AvgIpc) is 2.19. The second-order valence-corrected chi connectivity index (χ2v) is 4.23. The van der Waals surface area contributed by atoms with Crippen molar-refractivity contribution < 1.29 is 9.13 Å². The maximum Gasteiger partial charge on any atom is 0.166 e. The number of aromatic nitrogens is 1. The van der Waals surface area contributed by atoms with Crippen molar-refractivity contribution in [1.29, 1.82) is 0 Å². The largest absolute Gasteiger partial charge is 0.385 e. The third kappa shape index (κ3) is 4.13.